The van der Waals surface area contributed by atoms with Crippen LogP contribution in [-0.2, 0) is 4.79 Å². The molecule has 128 valence electrons. The van der Waals surface area contributed by atoms with Crippen LogP contribution in [0.1, 0.15) is 37.7 Å². The highest BCUT2D eigenvalue weighted by Gasteiger charge is 2.36. The fraction of sp³-hybridized carbons (Fsp3) is 0.611. The van der Waals surface area contributed by atoms with Gasteiger partial charge in [0, 0.05) is 24.4 Å². The van der Waals surface area contributed by atoms with Crippen LogP contribution < -0.4 is 10.1 Å². The van der Waals surface area contributed by atoms with Gasteiger partial charge in [0.15, 0.2) is 0 Å². The molecular weight excluding hydrogens is 312 g/mol. The molecule has 0 bridgehead atoms. The lowest BCUT2D eigenvalue weighted by atomic mass is 9.96. The van der Waals surface area contributed by atoms with Crippen LogP contribution in [0.3, 0.4) is 0 Å². The van der Waals surface area contributed by atoms with E-state index in [0.717, 1.165) is 44.6 Å². The van der Waals surface area contributed by atoms with E-state index in [0.29, 0.717) is 17.9 Å². The minimum absolute atomic E-state index is 0. The maximum Gasteiger partial charge on any atom is 0.226 e. The standard InChI is InChI=1S/C18H26N2O2.ClH/c1-13-11-16(14-3-5-17(22-2)6-4-14)12-20(13)18(21)15-7-9-19-10-8-15;/h3-6,13,15-16,19H,7-12H2,1-2H3;1H. The summed E-state index contributed by atoms with van der Waals surface area (Å²) in [5, 5.41) is 3.33. The van der Waals surface area contributed by atoms with Crippen LogP contribution in [0.15, 0.2) is 24.3 Å². The van der Waals surface area contributed by atoms with E-state index in [9.17, 15) is 4.79 Å². The van der Waals surface area contributed by atoms with Crippen molar-refractivity contribution in [3.05, 3.63) is 29.8 Å². The third kappa shape index (κ3) is 3.99. The predicted octanol–water partition coefficient (Wildman–Crippen LogP) is 2.82. The van der Waals surface area contributed by atoms with Crippen LogP contribution in [0.25, 0.3) is 0 Å². The Bertz CT molecular complexity index is 514. The highest BCUT2D eigenvalue weighted by atomic mass is 35.5. The third-order valence-electron chi connectivity index (χ3n) is 5.13. The minimum atomic E-state index is 0. The summed E-state index contributed by atoms with van der Waals surface area (Å²) >= 11 is 0. The van der Waals surface area contributed by atoms with E-state index in [1.807, 2.05) is 12.1 Å². The number of rotatable bonds is 3. The van der Waals surface area contributed by atoms with E-state index in [1.54, 1.807) is 7.11 Å². The van der Waals surface area contributed by atoms with Gasteiger partial charge in [-0.15, -0.1) is 12.4 Å². The number of benzene rings is 1. The first-order chi connectivity index (χ1) is 10.7. The van der Waals surface area contributed by atoms with Gasteiger partial charge in [0.2, 0.25) is 5.91 Å². The first-order valence-electron chi connectivity index (χ1n) is 8.34. The summed E-state index contributed by atoms with van der Waals surface area (Å²) in [6, 6.07) is 8.63. The van der Waals surface area contributed by atoms with Crippen LogP contribution in [0.5, 0.6) is 5.75 Å². The van der Waals surface area contributed by atoms with Crippen LogP contribution in [0.2, 0.25) is 0 Å². The molecule has 0 aliphatic carbocycles. The van der Waals surface area contributed by atoms with Crippen molar-refractivity contribution < 1.29 is 9.53 Å². The lowest BCUT2D eigenvalue weighted by molar-refractivity contribution is -0.136. The molecule has 23 heavy (non-hydrogen) atoms. The average molecular weight is 339 g/mol. The molecule has 2 unspecified atom stereocenters. The quantitative estimate of drug-likeness (QED) is 0.921. The van der Waals surface area contributed by atoms with Gasteiger partial charge in [0.1, 0.15) is 5.75 Å². The Kier molecular flexibility index (Phi) is 6.31. The van der Waals surface area contributed by atoms with Gasteiger partial charge in [-0.2, -0.15) is 0 Å². The number of ether oxygens (including phenoxy) is 1. The number of piperidine rings is 1. The van der Waals surface area contributed by atoms with E-state index in [-0.39, 0.29) is 18.3 Å². The van der Waals surface area contributed by atoms with E-state index < -0.39 is 0 Å². The minimum Gasteiger partial charge on any atom is -0.497 e. The number of amides is 1. The molecule has 2 heterocycles. The number of likely N-dealkylation sites (tertiary alicyclic amines) is 1. The van der Waals surface area contributed by atoms with Crippen LogP contribution in [0.4, 0.5) is 0 Å². The Morgan fingerprint density at radius 3 is 2.48 bits per heavy atom. The lowest BCUT2D eigenvalue weighted by Crippen LogP contribution is -2.42. The molecule has 2 aliphatic rings. The van der Waals surface area contributed by atoms with Crippen LogP contribution >= 0.6 is 12.4 Å². The smallest absolute Gasteiger partial charge is 0.226 e. The summed E-state index contributed by atoms with van der Waals surface area (Å²) in [4.78, 5) is 14.9. The molecule has 4 nitrogen and oxygen atoms in total. The molecule has 0 saturated carbocycles. The SMILES string of the molecule is COc1ccc(C2CC(C)N(C(=O)C3CCNCC3)C2)cc1.Cl. The van der Waals surface area contributed by atoms with Crippen molar-refractivity contribution in [2.24, 2.45) is 5.92 Å². The number of hydrogen-bond acceptors (Lipinski definition) is 3. The first kappa shape index (κ1) is 18.1. The number of carbonyl (C=O) groups excluding carboxylic acids is 1. The van der Waals surface area contributed by atoms with Crippen molar-refractivity contribution in [3.63, 3.8) is 0 Å². The second kappa shape index (κ2) is 8.02. The second-order valence-electron chi connectivity index (χ2n) is 6.57. The fourth-order valence-corrected chi connectivity index (χ4v) is 3.76. The van der Waals surface area contributed by atoms with Crippen molar-refractivity contribution in [2.75, 3.05) is 26.7 Å². The molecule has 2 atom stereocenters. The number of halogens is 1. The van der Waals surface area contributed by atoms with Gasteiger partial charge in [-0.1, -0.05) is 12.1 Å². The summed E-state index contributed by atoms with van der Waals surface area (Å²) < 4.78 is 5.22. The van der Waals surface area contributed by atoms with Gasteiger partial charge in [-0.05, 0) is 57.0 Å². The lowest BCUT2D eigenvalue weighted by Gasteiger charge is -2.29. The maximum absolute atomic E-state index is 12.8. The normalized spacial score (nSPS) is 25.0. The van der Waals surface area contributed by atoms with Gasteiger partial charge >= 0.3 is 0 Å². The molecule has 5 heteroatoms. The van der Waals surface area contributed by atoms with Crippen molar-refractivity contribution in [1.29, 1.82) is 0 Å². The van der Waals surface area contributed by atoms with E-state index in [1.165, 1.54) is 5.56 Å². The Labute approximate surface area is 145 Å². The summed E-state index contributed by atoms with van der Waals surface area (Å²) in [5.74, 6) is 1.92. The van der Waals surface area contributed by atoms with Gasteiger partial charge in [0.05, 0.1) is 7.11 Å². The van der Waals surface area contributed by atoms with Crippen LogP contribution in [0, 0.1) is 5.92 Å². The number of nitrogens with zero attached hydrogens (tertiary/aromatic N) is 1. The zero-order valence-electron chi connectivity index (χ0n) is 14.0. The largest absolute Gasteiger partial charge is 0.497 e. The molecule has 2 aliphatic heterocycles. The van der Waals surface area contributed by atoms with E-state index >= 15 is 0 Å². The number of methoxy groups -OCH3 is 1. The summed E-state index contributed by atoms with van der Waals surface area (Å²) in [6.45, 7) is 4.99. The molecule has 0 radical (unpaired) electrons. The van der Waals surface area contributed by atoms with Gasteiger partial charge in [0.25, 0.3) is 0 Å². The first-order valence-corrected chi connectivity index (χ1v) is 8.34. The topological polar surface area (TPSA) is 41.6 Å². The molecule has 1 aromatic carbocycles. The molecule has 0 aromatic heterocycles. The predicted molar refractivity (Wildman–Crippen MR) is 94.4 cm³/mol. The molecule has 2 saturated heterocycles. The molecule has 1 N–H and O–H groups in total. The van der Waals surface area contributed by atoms with Gasteiger partial charge < -0.3 is 15.0 Å². The van der Waals surface area contributed by atoms with Crippen LogP contribution in [-0.4, -0.2) is 43.6 Å². The van der Waals surface area contributed by atoms with Gasteiger partial charge in [-0.25, -0.2) is 0 Å². The Morgan fingerprint density at radius 1 is 1.22 bits per heavy atom. The molecule has 2 fully saturated rings. The third-order valence-corrected chi connectivity index (χ3v) is 5.13. The average Bonchev–Trinajstić information content (AvgIpc) is 2.97. The maximum atomic E-state index is 12.8. The molecule has 1 amide bonds. The summed E-state index contributed by atoms with van der Waals surface area (Å²) in [6.07, 6.45) is 3.02. The second-order valence-corrected chi connectivity index (χ2v) is 6.57. The highest BCUT2D eigenvalue weighted by Crippen LogP contribution is 2.34. The number of hydrogen-bond donors (Lipinski definition) is 1. The number of carbonyl (C=O) groups is 1. The highest BCUT2D eigenvalue weighted by molar-refractivity contribution is 5.85. The van der Waals surface area contributed by atoms with E-state index in [2.05, 4.69) is 29.3 Å². The summed E-state index contributed by atoms with van der Waals surface area (Å²) in [5.41, 5.74) is 1.31. The molecule has 1 aromatic rings. The van der Waals surface area contributed by atoms with Gasteiger partial charge in [-0.3, -0.25) is 4.79 Å². The van der Waals surface area contributed by atoms with Crippen molar-refractivity contribution in [1.82, 2.24) is 10.2 Å². The molecule has 3 rings (SSSR count). The molecular formula is C18H27ClN2O2. The zero-order valence-corrected chi connectivity index (χ0v) is 14.8. The van der Waals surface area contributed by atoms with Crippen molar-refractivity contribution in [2.45, 2.75) is 38.1 Å². The van der Waals surface area contributed by atoms with E-state index in [4.69, 9.17) is 4.74 Å². The Morgan fingerprint density at radius 2 is 1.87 bits per heavy atom. The Hall–Kier alpha value is -1.26. The molecule has 0 spiro atoms. The van der Waals surface area contributed by atoms with Crippen molar-refractivity contribution in [3.8, 4) is 5.75 Å². The monoisotopic (exact) mass is 338 g/mol. The summed E-state index contributed by atoms with van der Waals surface area (Å²) in [7, 11) is 1.69. The number of nitrogens with one attached hydrogen (secondary N) is 1. The fourth-order valence-electron chi connectivity index (χ4n) is 3.76. The Balaban J connectivity index is 0.00000192. The van der Waals surface area contributed by atoms with Crippen molar-refractivity contribution >= 4 is 18.3 Å². The zero-order chi connectivity index (χ0) is 15.5.